The molecule has 1 aliphatic rings. The minimum Gasteiger partial charge on any atom is -0.488 e. The number of rotatable bonds is 4. The smallest absolute Gasteiger partial charge is 0.143 e. The first-order valence-electron chi connectivity index (χ1n) is 4.98. The van der Waals surface area contributed by atoms with Crippen molar-refractivity contribution in [2.24, 2.45) is 5.90 Å². The lowest BCUT2D eigenvalue weighted by Crippen LogP contribution is -2.05. The zero-order valence-corrected chi connectivity index (χ0v) is 9.38. The standard InChI is InChI=1S/C11H14ClNO2/c1-7-4-8(6-14-13)11(10(12)5-7)15-9-2-3-9/h4-5,9H,2-3,6,13H2,1H3. The Kier molecular flexibility index (Phi) is 3.14. The van der Waals surface area contributed by atoms with Crippen molar-refractivity contribution in [2.75, 3.05) is 0 Å². The summed E-state index contributed by atoms with van der Waals surface area (Å²) in [7, 11) is 0. The van der Waals surface area contributed by atoms with E-state index in [2.05, 4.69) is 4.84 Å². The maximum absolute atomic E-state index is 6.12. The van der Waals surface area contributed by atoms with Crippen LogP contribution in [0, 0.1) is 6.92 Å². The van der Waals surface area contributed by atoms with E-state index >= 15 is 0 Å². The van der Waals surface area contributed by atoms with Gasteiger partial charge in [-0.1, -0.05) is 11.6 Å². The van der Waals surface area contributed by atoms with Gasteiger partial charge in [0.05, 0.1) is 17.7 Å². The van der Waals surface area contributed by atoms with Crippen LogP contribution in [-0.2, 0) is 11.4 Å². The maximum Gasteiger partial charge on any atom is 0.143 e. The molecule has 1 aliphatic carbocycles. The summed E-state index contributed by atoms with van der Waals surface area (Å²) in [5.41, 5.74) is 1.99. The Morgan fingerprint density at radius 3 is 2.80 bits per heavy atom. The van der Waals surface area contributed by atoms with Crippen molar-refractivity contribution in [1.29, 1.82) is 0 Å². The summed E-state index contributed by atoms with van der Waals surface area (Å²) in [6.07, 6.45) is 2.53. The molecule has 2 rings (SSSR count). The molecule has 0 heterocycles. The fourth-order valence-corrected chi connectivity index (χ4v) is 1.82. The monoisotopic (exact) mass is 227 g/mol. The Morgan fingerprint density at radius 2 is 2.20 bits per heavy atom. The first-order valence-corrected chi connectivity index (χ1v) is 5.36. The highest BCUT2D eigenvalue weighted by atomic mass is 35.5. The predicted octanol–water partition coefficient (Wildman–Crippen LogP) is 2.58. The molecule has 1 aromatic rings. The highest BCUT2D eigenvalue weighted by Crippen LogP contribution is 2.35. The second-order valence-corrected chi connectivity index (χ2v) is 4.27. The second kappa shape index (κ2) is 4.39. The molecule has 1 saturated carbocycles. The maximum atomic E-state index is 6.12. The largest absolute Gasteiger partial charge is 0.488 e. The van der Waals surface area contributed by atoms with Crippen molar-refractivity contribution in [1.82, 2.24) is 0 Å². The Balaban J connectivity index is 2.29. The Labute approximate surface area is 94.1 Å². The lowest BCUT2D eigenvalue weighted by molar-refractivity contribution is 0.121. The van der Waals surface area contributed by atoms with Crippen LogP contribution in [0.25, 0.3) is 0 Å². The summed E-state index contributed by atoms with van der Waals surface area (Å²) in [4.78, 5) is 4.64. The van der Waals surface area contributed by atoms with Crippen LogP contribution in [-0.4, -0.2) is 6.10 Å². The van der Waals surface area contributed by atoms with E-state index in [-0.39, 0.29) is 0 Å². The molecule has 0 atom stereocenters. The molecule has 82 valence electrons. The van der Waals surface area contributed by atoms with Crippen LogP contribution in [0.15, 0.2) is 12.1 Å². The van der Waals surface area contributed by atoms with Crippen molar-refractivity contribution < 1.29 is 9.57 Å². The number of hydrogen-bond acceptors (Lipinski definition) is 3. The first-order chi connectivity index (χ1) is 7.20. The first kappa shape index (κ1) is 10.7. The van der Waals surface area contributed by atoms with E-state index in [1.165, 1.54) is 0 Å². The average molecular weight is 228 g/mol. The van der Waals surface area contributed by atoms with E-state index < -0.39 is 0 Å². The van der Waals surface area contributed by atoms with Gasteiger partial charge in [-0.3, -0.25) is 4.84 Å². The SMILES string of the molecule is Cc1cc(Cl)c(OC2CC2)c(CON)c1. The molecule has 3 nitrogen and oxygen atoms in total. The number of halogens is 1. The van der Waals surface area contributed by atoms with Crippen LogP contribution < -0.4 is 10.6 Å². The second-order valence-electron chi connectivity index (χ2n) is 3.86. The lowest BCUT2D eigenvalue weighted by atomic mass is 10.1. The molecule has 0 saturated heterocycles. The third-order valence-electron chi connectivity index (χ3n) is 2.31. The van der Waals surface area contributed by atoms with E-state index in [0.717, 1.165) is 29.7 Å². The lowest BCUT2D eigenvalue weighted by Gasteiger charge is -2.13. The van der Waals surface area contributed by atoms with Crippen molar-refractivity contribution in [3.63, 3.8) is 0 Å². The molecule has 1 aromatic carbocycles. The quantitative estimate of drug-likeness (QED) is 0.805. The third kappa shape index (κ3) is 2.62. The van der Waals surface area contributed by atoms with Gasteiger partial charge >= 0.3 is 0 Å². The van der Waals surface area contributed by atoms with Gasteiger partial charge in [0.15, 0.2) is 0 Å². The van der Waals surface area contributed by atoms with Gasteiger partial charge in [0, 0.05) is 5.56 Å². The molecule has 0 amide bonds. The normalized spacial score (nSPS) is 15.4. The molecule has 4 heteroatoms. The summed E-state index contributed by atoms with van der Waals surface area (Å²) in [5, 5.41) is 0.633. The molecule has 0 aromatic heterocycles. The average Bonchev–Trinajstić information content (AvgIpc) is 2.95. The van der Waals surface area contributed by atoms with Gasteiger partial charge in [0.2, 0.25) is 0 Å². The van der Waals surface area contributed by atoms with Crippen LogP contribution in [0.1, 0.15) is 24.0 Å². The van der Waals surface area contributed by atoms with Gasteiger partial charge in [0.1, 0.15) is 5.75 Å². The number of nitrogens with two attached hydrogens (primary N) is 1. The van der Waals surface area contributed by atoms with E-state index in [0.29, 0.717) is 17.7 Å². The van der Waals surface area contributed by atoms with Gasteiger partial charge in [0.25, 0.3) is 0 Å². The molecule has 0 bridgehead atoms. The third-order valence-corrected chi connectivity index (χ3v) is 2.59. The minimum atomic E-state index is 0.321. The highest BCUT2D eigenvalue weighted by Gasteiger charge is 2.25. The van der Waals surface area contributed by atoms with Gasteiger partial charge in [-0.2, -0.15) is 0 Å². The van der Waals surface area contributed by atoms with E-state index in [1.54, 1.807) is 0 Å². The van der Waals surface area contributed by atoms with Crippen molar-refractivity contribution >= 4 is 11.6 Å². The number of aryl methyl sites for hydroxylation is 1. The van der Waals surface area contributed by atoms with Gasteiger partial charge in [-0.05, 0) is 37.5 Å². The summed E-state index contributed by atoms with van der Waals surface area (Å²) in [5.74, 6) is 5.80. The van der Waals surface area contributed by atoms with Gasteiger partial charge < -0.3 is 4.74 Å². The molecule has 0 aliphatic heterocycles. The van der Waals surface area contributed by atoms with Crippen molar-refractivity contribution in [2.45, 2.75) is 32.5 Å². The Hall–Kier alpha value is -0.770. The molecular weight excluding hydrogens is 214 g/mol. The molecule has 0 spiro atoms. The Bertz CT molecular complexity index is 364. The molecule has 15 heavy (non-hydrogen) atoms. The minimum absolute atomic E-state index is 0.321. The number of ether oxygens (including phenoxy) is 1. The van der Waals surface area contributed by atoms with Gasteiger partial charge in [-0.25, -0.2) is 5.90 Å². The molecule has 0 radical (unpaired) electrons. The van der Waals surface area contributed by atoms with Crippen LogP contribution in [0.2, 0.25) is 5.02 Å². The van der Waals surface area contributed by atoms with Gasteiger partial charge in [-0.15, -0.1) is 0 Å². The van der Waals surface area contributed by atoms with Crippen LogP contribution in [0.3, 0.4) is 0 Å². The van der Waals surface area contributed by atoms with E-state index in [4.69, 9.17) is 22.2 Å². The van der Waals surface area contributed by atoms with E-state index in [9.17, 15) is 0 Å². The van der Waals surface area contributed by atoms with Crippen LogP contribution >= 0.6 is 11.6 Å². The zero-order valence-electron chi connectivity index (χ0n) is 8.63. The Morgan fingerprint density at radius 1 is 1.47 bits per heavy atom. The van der Waals surface area contributed by atoms with Crippen LogP contribution in [0.5, 0.6) is 5.75 Å². The summed E-state index contributed by atoms with van der Waals surface area (Å²) in [6.45, 7) is 2.30. The number of benzene rings is 1. The molecular formula is C11H14ClNO2. The predicted molar refractivity (Wildman–Crippen MR) is 58.8 cm³/mol. The molecule has 1 fully saturated rings. The fourth-order valence-electron chi connectivity index (χ4n) is 1.48. The summed E-state index contributed by atoms with van der Waals surface area (Å²) >= 11 is 6.12. The highest BCUT2D eigenvalue weighted by molar-refractivity contribution is 6.32. The zero-order chi connectivity index (χ0) is 10.8. The fraction of sp³-hybridized carbons (Fsp3) is 0.455. The summed E-state index contributed by atoms with van der Waals surface area (Å²) in [6, 6.07) is 3.87. The van der Waals surface area contributed by atoms with Crippen LogP contribution in [0.4, 0.5) is 0 Å². The van der Waals surface area contributed by atoms with Crippen molar-refractivity contribution in [3.8, 4) is 5.75 Å². The van der Waals surface area contributed by atoms with Crippen molar-refractivity contribution in [3.05, 3.63) is 28.3 Å². The molecule has 2 N–H and O–H groups in total. The molecule has 0 unspecified atom stereocenters. The summed E-state index contributed by atoms with van der Waals surface area (Å²) < 4.78 is 5.73. The number of hydrogen-bond donors (Lipinski definition) is 1. The topological polar surface area (TPSA) is 44.5 Å². The van der Waals surface area contributed by atoms with E-state index in [1.807, 2.05) is 19.1 Å².